The van der Waals surface area contributed by atoms with Gasteiger partial charge in [-0.25, -0.2) is 0 Å². The fraction of sp³-hybridized carbons (Fsp3) is 0.611. The van der Waals surface area contributed by atoms with E-state index in [0.29, 0.717) is 5.92 Å². The molecular weight excluding hydrogens is 262 g/mol. The number of carboxylic acids is 1. The van der Waals surface area contributed by atoms with Gasteiger partial charge < -0.3 is 10.0 Å². The predicted molar refractivity (Wildman–Crippen MR) is 87.6 cm³/mol. The van der Waals surface area contributed by atoms with Crippen molar-refractivity contribution in [2.45, 2.75) is 53.0 Å². The lowest BCUT2D eigenvalue weighted by Crippen LogP contribution is -2.38. The lowest BCUT2D eigenvalue weighted by molar-refractivity contribution is -0.138. The molecular formula is C18H29NO2. The van der Waals surface area contributed by atoms with Crippen molar-refractivity contribution in [3.05, 3.63) is 35.4 Å². The molecule has 0 fully saturated rings. The SMILES string of the molecule is CCN(CC)C(CC(=O)O)Cc1ccc(CC(C)C)cc1. The smallest absolute Gasteiger partial charge is 0.304 e. The zero-order valence-electron chi connectivity index (χ0n) is 13.8. The molecule has 0 radical (unpaired) electrons. The summed E-state index contributed by atoms with van der Waals surface area (Å²) in [7, 11) is 0. The van der Waals surface area contributed by atoms with Gasteiger partial charge in [-0.3, -0.25) is 4.79 Å². The zero-order chi connectivity index (χ0) is 15.8. The largest absolute Gasteiger partial charge is 0.481 e. The Morgan fingerprint density at radius 1 is 1.05 bits per heavy atom. The van der Waals surface area contributed by atoms with Crippen LogP contribution in [-0.4, -0.2) is 35.1 Å². The Morgan fingerprint density at radius 3 is 1.90 bits per heavy atom. The second kappa shape index (κ2) is 8.83. The van der Waals surface area contributed by atoms with Gasteiger partial charge in [0.25, 0.3) is 0 Å². The molecule has 0 bridgehead atoms. The van der Waals surface area contributed by atoms with Crippen LogP contribution in [0.2, 0.25) is 0 Å². The lowest BCUT2D eigenvalue weighted by atomic mass is 9.98. The highest BCUT2D eigenvalue weighted by Gasteiger charge is 2.19. The summed E-state index contributed by atoms with van der Waals surface area (Å²) in [6.45, 7) is 10.4. The van der Waals surface area contributed by atoms with Crippen LogP contribution in [0.15, 0.2) is 24.3 Å². The fourth-order valence-corrected chi connectivity index (χ4v) is 2.83. The van der Waals surface area contributed by atoms with E-state index in [4.69, 9.17) is 5.11 Å². The van der Waals surface area contributed by atoms with Crippen molar-refractivity contribution in [1.82, 2.24) is 4.90 Å². The molecule has 0 aliphatic heterocycles. The lowest BCUT2D eigenvalue weighted by Gasteiger charge is -2.28. The second-order valence-corrected chi connectivity index (χ2v) is 6.09. The monoisotopic (exact) mass is 291 g/mol. The van der Waals surface area contributed by atoms with Crippen molar-refractivity contribution < 1.29 is 9.90 Å². The first-order chi connectivity index (χ1) is 9.96. The van der Waals surface area contributed by atoms with Gasteiger partial charge in [0.1, 0.15) is 0 Å². The van der Waals surface area contributed by atoms with Crippen molar-refractivity contribution in [3.8, 4) is 0 Å². The van der Waals surface area contributed by atoms with E-state index < -0.39 is 5.97 Å². The van der Waals surface area contributed by atoms with Crippen molar-refractivity contribution in [2.75, 3.05) is 13.1 Å². The summed E-state index contributed by atoms with van der Waals surface area (Å²) in [6, 6.07) is 8.73. The molecule has 1 atom stereocenters. The van der Waals surface area contributed by atoms with E-state index >= 15 is 0 Å². The van der Waals surface area contributed by atoms with E-state index in [1.165, 1.54) is 11.1 Å². The number of aliphatic carboxylic acids is 1. The highest BCUT2D eigenvalue weighted by Crippen LogP contribution is 2.15. The molecule has 3 nitrogen and oxygen atoms in total. The van der Waals surface area contributed by atoms with Crippen LogP contribution < -0.4 is 0 Å². The molecule has 0 aromatic heterocycles. The van der Waals surface area contributed by atoms with Crippen molar-refractivity contribution in [1.29, 1.82) is 0 Å². The molecule has 0 aliphatic carbocycles. The van der Waals surface area contributed by atoms with E-state index in [1.807, 2.05) is 0 Å². The Hall–Kier alpha value is -1.35. The molecule has 0 heterocycles. The number of nitrogens with zero attached hydrogens (tertiary/aromatic N) is 1. The summed E-state index contributed by atoms with van der Waals surface area (Å²) in [5.74, 6) is -0.0605. The fourth-order valence-electron chi connectivity index (χ4n) is 2.83. The first-order valence-electron chi connectivity index (χ1n) is 7.99. The summed E-state index contributed by atoms with van der Waals surface area (Å²) in [5, 5.41) is 9.12. The van der Waals surface area contributed by atoms with Crippen LogP contribution >= 0.6 is 0 Å². The Morgan fingerprint density at radius 2 is 1.52 bits per heavy atom. The standard InChI is InChI=1S/C18H29NO2/c1-5-19(6-2)17(13-18(20)21)12-16-9-7-15(8-10-16)11-14(3)4/h7-10,14,17H,5-6,11-13H2,1-4H3,(H,20,21). The number of likely N-dealkylation sites (N-methyl/N-ethyl adjacent to an activating group) is 1. The average Bonchev–Trinajstić information content (AvgIpc) is 2.41. The highest BCUT2D eigenvalue weighted by atomic mass is 16.4. The summed E-state index contributed by atoms with van der Waals surface area (Å²) in [6.07, 6.45) is 2.10. The molecule has 1 rings (SSSR count). The third-order valence-corrected chi connectivity index (χ3v) is 3.88. The first-order valence-corrected chi connectivity index (χ1v) is 7.99. The Bertz CT molecular complexity index is 421. The van der Waals surface area contributed by atoms with Gasteiger partial charge in [0.05, 0.1) is 6.42 Å². The van der Waals surface area contributed by atoms with Crippen LogP contribution in [0.4, 0.5) is 0 Å². The number of rotatable bonds is 9. The predicted octanol–water partition coefficient (Wildman–Crippen LogP) is 3.61. The first kappa shape index (κ1) is 17.7. The van der Waals surface area contributed by atoms with E-state index in [9.17, 15) is 4.79 Å². The van der Waals surface area contributed by atoms with Gasteiger partial charge in [-0.05, 0) is 43.0 Å². The normalized spacial score (nSPS) is 12.9. The maximum atomic E-state index is 11.1. The third kappa shape index (κ3) is 6.30. The number of benzene rings is 1. The molecule has 0 spiro atoms. The molecule has 0 aliphatic rings. The Labute approximate surface area is 129 Å². The van der Waals surface area contributed by atoms with Gasteiger partial charge in [0, 0.05) is 6.04 Å². The molecule has 0 amide bonds. The number of carboxylic acid groups (broad SMARTS) is 1. The third-order valence-electron chi connectivity index (χ3n) is 3.88. The second-order valence-electron chi connectivity index (χ2n) is 6.09. The topological polar surface area (TPSA) is 40.5 Å². The Kier molecular flexibility index (Phi) is 7.44. The number of carbonyl (C=O) groups is 1. The van der Waals surface area contributed by atoms with Gasteiger partial charge in [-0.2, -0.15) is 0 Å². The van der Waals surface area contributed by atoms with E-state index in [1.54, 1.807) is 0 Å². The van der Waals surface area contributed by atoms with Gasteiger partial charge in [-0.1, -0.05) is 52.0 Å². The van der Waals surface area contributed by atoms with Crippen molar-refractivity contribution in [3.63, 3.8) is 0 Å². The van der Waals surface area contributed by atoms with Crippen LogP contribution in [0.5, 0.6) is 0 Å². The quantitative estimate of drug-likeness (QED) is 0.755. The summed E-state index contributed by atoms with van der Waals surface area (Å²) < 4.78 is 0. The van der Waals surface area contributed by atoms with Crippen LogP contribution in [-0.2, 0) is 17.6 Å². The minimum atomic E-state index is -0.719. The maximum absolute atomic E-state index is 11.1. The molecule has 1 aromatic carbocycles. The maximum Gasteiger partial charge on any atom is 0.304 e. The highest BCUT2D eigenvalue weighted by molar-refractivity contribution is 5.67. The number of hydrogen-bond acceptors (Lipinski definition) is 2. The molecule has 21 heavy (non-hydrogen) atoms. The molecule has 118 valence electrons. The molecule has 1 N–H and O–H groups in total. The summed E-state index contributed by atoms with van der Waals surface area (Å²) in [4.78, 5) is 13.3. The van der Waals surface area contributed by atoms with Crippen LogP contribution in [0.3, 0.4) is 0 Å². The number of hydrogen-bond donors (Lipinski definition) is 1. The van der Waals surface area contributed by atoms with Crippen LogP contribution in [0.25, 0.3) is 0 Å². The zero-order valence-corrected chi connectivity index (χ0v) is 13.8. The molecule has 0 saturated carbocycles. The van der Waals surface area contributed by atoms with Crippen molar-refractivity contribution >= 4 is 5.97 Å². The molecule has 0 saturated heterocycles. The van der Waals surface area contributed by atoms with Gasteiger partial charge in [-0.15, -0.1) is 0 Å². The minimum Gasteiger partial charge on any atom is -0.481 e. The van der Waals surface area contributed by atoms with Gasteiger partial charge in [0.2, 0.25) is 0 Å². The van der Waals surface area contributed by atoms with Gasteiger partial charge in [0.15, 0.2) is 0 Å². The van der Waals surface area contributed by atoms with Crippen molar-refractivity contribution in [2.24, 2.45) is 5.92 Å². The van der Waals surface area contributed by atoms with Gasteiger partial charge >= 0.3 is 5.97 Å². The minimum absolute atomic E-state index is 0.0773. The van der Waals surface area contributed by atoms with E-state index in [-0.39, 0.29) is 12.5 Å². The van der Waals surface area contributed by atoms with Crippen LogP contribution in [0, 0.1) is 5.92 Å². The summed E-state index contributed by atoms with van der Waals surface area (Å²) >= 11 is 0. The van der Waals surface area contributed by atoms with Crippen LogP contribution in [0.1, 0.15) is 45.2 Å². The molecule has 3 heteroatoms. The Balaban J connectivity index is 2.75. The van der Waals surface area contributed by atoms with E-state index in [2.05, 4.69) is 56.9 Å². The molecule has 1 aromatic rings. The van der Waals surface area contributed by atoms with E-state index in [0.717, 1.165) is 25.9 Å². The average molecular weight is 291 g/mol. The molecule has 1 unspecified atom stereocenters. The summed E-state index contributed by atoms with van der Waals surface area (Å²) in [5.41, 5.74) is 2.58.